The van der Waals surface area contributed by atoms with E-state index in [9.17, 15) is 13.2 Å². The van der Waals surface area contributed by atoms with Gasteiger partial charge in [-0.1, -0.05) is 0 Å². The molecular weight excluding hydrogens is 281 g/mol. The molecule has 2 N–H and O–H groups in total. The standard InChI is InChI=1S/C14H11F3N4/c1-18-9-2-3-11-10(7-9)13(21-20-11)8-4-5-19-12(6-8)14(15,16)17/h2-7,18H,1H3,(H,20,21). The van der Waals surface area contributed by atoms with Crippen LogP contribution < -0.4 is 5.32 Å². The topological polar surface area (TPSA) is 53.6 Å². The molecule has 0 aliphatic rings. The molecule has 0 atom stereocenters. The average Bonchev–Trinajstić information content (AvgIpc) is 2.89. The maximum atomic E-state index is 12.7. The lowest BCUT2D eigenvalue weighted by atomic mass is 10.1. The number of aromatic amines is 1. The molecule has 0 unspecified atom stereocenters. The lowest BCUT2D eigenvalue weighted by Crippen LogP contribution is -2.07. The molecule has 0 spiro atoms. The van der Waals surface area contributed by atoms with E-state index in [1.165, 1.54) is 6.07 Å². The minimum absolute atomic E-state index is 0.372. The molecule has 3 rings (SSSR count). The summed E-state index contributed by atoms with van der Waals surface area (Å²) in [6, 6.07) is 8.03. The SMILES string of the molecule is CNc1ccc2[nH]nc(-c3ccnc(C(F)(F)F)c3)c2c1. The van der Waals surface area contributed by atoms with E-state index in [2.05, 4.69) is 20.5 Å². The Balaban J connectivity index is 2.16. The van der Waals surface area contributed by atoms with Gasteiger partial charge in [0.2, 0.25) is 0 Å². The molecule has 0 radical (unpaired) electrons. The highest BCUT2D eigenvalue weighted by Crippen LogP contribution is 2.32. The number of alkyl halides is 3. The predicted octanol–water partition coefficient (Wildman–Crippen LogP) is 3.69. The summed E-state index contributed by atoms with van der Waals surface area (Å²) in [5, 5.41) is 10.7. The van der Waals surface area contributed by atoms with Crippen LogP contribution in [0, 0.1) is 0 Å². The summed E-state index contributed by atoms with van der Waals surface area (Å²) < 4.78 is 38.2. The third-order valence-electron chi connectivity index (χ3n) is 3.18. The van der Waals surface area contributed by atoms with Gasteiger partial charge in [0.05, 0.1) is 5.52 Å². The minimum Gasteiger partial charge on any atom is -0.388 e. The zero-order chi connectivity index (χ0) is 15.0. The number of aromatic nitrogens is 3. The van der Waals surface area contributed by atoms with Crippen molar-refractivity contribution in [1.29, 1.82) is 0 Å². The molecule has 0 saturated carbocycles. The van der Waals surface area contributed by atoms with E-state index in [0.717, 1.165) is 28.9 Å². The molecule has 4 nitrogen and oxygen atoms in total. The minimum atomic E-state index is -4.47. The van der Waals surface area contributed by atoms with Gasteiger partial charge >= 0.3 is 6.18 Å². The molecule has 0 aliphatic heterocycles. The van der Waals surface area contributed by atoms with Gasteiger partial charge in [0.1, 0.15) is 11.4 Å². The van der Waals surface area contributed by atoms with Gasteiger partial charge < -0.3 is 5.32 Å². The maximum absolute atomic E-state index is 12.7. The van der Waals surface area contributed by atoms with Gasteiger partial charge in [0.15, 0.2) is 0 Å². The van der Waals surface area contributed by atoms with Crippen molar-refractivity contribution in [1.82, 2.24) is 15.2 Å². The Morgan fingerprint density at radius 2 is 1.95 bits per heavy atom. The Kier molecular flexibility index (Phi) is 3.04. The number of hydrogen-bond donors (Lipinski definition) is 2. The fraction of sp³-hybridized carbons (Fsp3) is 0.143. The molecule has 0 aliphatic carbocycles. The molecule has 0 fully saturated rings. The Hall–Kier alpha value is -2.57. The monoisotopic (exact) mass is 292 g/mol. The van der Waals surface area contributed by atoms with Crippen LogP contribution >= 0.6 is 0 Å². The first-order valence-electron chi connectivity index (χ1n) is 6.18. The van der Waals surface area contributed by atoms with Crippen molar-refractivity contribution < 1.29 is 13.2 Å². The number of pyridine rings is 1. The number of nitrogens with one attached hydrogen (secondary N) is 2. The number of rotatable bonds is 2. The van der Waals surface area contributed by atoms with Crippen LogP contribution in [0.2, 0.25) is 0 Å². The Morgan fingerprint density at radius 3 is 2.67 bits per heavy atom. The van der Waals surface area contributed by atoms with Gasteiger partial charge in [-0.3, -0.25) is 10.1 Å². The number of benzene rings is 1. The van der Waals surface area contributed by atoms with Gasteiger partial charge in [-0.25, -0.2) is 0 Å². The molecule has 1 aromatic carbocycles. The van der Waals surface area contributed by atoms with Crippen molar-refractivity contribution >= 4 is 16.6 Å². The van der Waals surface area contributed by atoms with Gasteiger partial charge in [-0.15, -0.1) is 0 Å². The molecule has 2 aromatic heterocycles. The molecule has 108 valence electrons. The Morgan fingerprint density at radius 1 is 1.14 bits per heavy atom. The van der Waals surface area contributed by atoms with E-state index in [1.807, 2.05) is 18.2 Å². The van der Waals surface area contributed by atoms with Crippen LogP contribution in [0.3, 0.4) is 0 Å². The number of halogens is 3. The zero-order valence-electron chi connectivity index (χ0n) is 11.0. The third kappa shape index (κ3) is 2.42. The van der Waals surface area contributed by atoms with Gasteiger partial charge in [-0.05, 0) is 30.3 Å². The Labute approximate surface area is 118 Å². The molecule has 0 bridgehead atoms. The van der Waals surface area contributed by atoms with Crippen LogP contribution in [0.1, 0.15) is 5.69 Å². The summed E-state index contributed by atoms with van der Waals surface area (Å²) in [6.45, 7) is 0. The highest BCUT2D eigenvalue weighted by Gasteiger charge is 2.32. The largest absolute Gasteiger partial charge is 0.433 e. The number of H-pyrrole nitrogens is 1. The van der Waals surface area contributed by atoms with Crippen LogP contribution in [0.15, 0.2) is 36.5 Å². The lowest BCUT2D eigenvalue weighted by molar-refractivity contribution is -0.141. The van der Waals surface area contributed by atoms with Crippen LogP contribution in [0.25, 0.3) is 22.2 Å². The number of hydrogen-bond acceptors (Lipinski definition) is 3. The van der Waals surface area contributed by atoms with E-state index in [1.54, 1.807) is 7.05 Å². The molecule has 0 saturated heterocycles. The summed E-state index contributed by atoms with van der Waals surface area (Å²) in [7, 11) is 1.77. The molecule has 7 heteroatoms. The van der Waals surface area contributed by atoms with Gasteiger partial charge in [0, 0.05) is 29.9 Å². The molecule has 3 aromatic rings. The molecule has 0 amide bonds. The highest BCUT2D eigenvalue weighted by molar-refractivity contribution is 5.94. The summed E-state index contributed by atoms with van der Waals surface area (Å²) in [5.74, 6) is 0. The third-order valence-corrected chi connectivity index (χ3v) is 3.18. The second kappa shape index (κ2) is 4.76. The fourth-order valence-electron chi connectivity index (χ4n) is 2.12. The van der Waals surface area contributed by atoms with Crippen LogP contribution in [-0.4, -0.2) is 22.2 Å². The molecule has 21 heavy (non-hydrogen) atoms. The molecular formula is C14H11F3N4. The van der Waals surface area contributed by atoms with Crippen molar-refractivity contribution in [2.24, 2.45) is 0 Å². The number of anilines is 1. The normalized spacial score (nSPS) is 11.8. The number of nitrogens with zero attached hydrogens (tertiary/aromatic N) is 2. The second-order valence-electron chi connectivity index (χ2n) is 4.51. The van der Waals surface area contributed by atoms with Crippen molar-refractivity contribution in [3.05, 3.63) is 42.2 Å². The first-order chi connectivity index (χ1) is 9.99. The van der Waals surface area contributed by atoms with Crippen LogP contribution in [0.5, 0.6) is 0 Å². The summed E-state index contributed by atoms with van der Waals surface area (Å²) in [5.41, 5.74) is 1.53. The predicted molar refractivity (Wildman–Crippen MR) is 73.9 cm³/mol. The van der Waals surface area contributed by atoms with Crippen LogP contribution in [0.4, 0.5) is 18.9 Å². The fourth-order valence-corrected chi connectivity index (χ4v) is 2.12. The Bertz CT molecular complexity index is 792. The summed E-state index contributed by atoms with van der Waals surface area (Å²) in [6.07, 6.45) is -3.33. The van der Waals surface area contributed by atoms with E-state index in [0.29, 0.717) is 11.3 Å². The first kappa shape index (κ1) is 13.4. The van der Waals surface area contributed by atoms with Crippen molar-refractivity contribution in [3.8, 4) is 11.3 Å². The van der Waals surface area contributed by atoms with E-state index in [4.69, 9.17) is 0 Å². The quantitative estimate of drug-likeness (QED) is 0.757. The molecule has 2 heterocycles. The number of fused-ring (bicyclic) bond motifs is 1. The van der Waals surface area contributed by atoms with Gasteiger partial charge in [-0.2, -0.15) is 18.3 Å². The van der Waals surface area contributed by atoms with E-state index < -0.39 is 11.9 Å². The highest BCUT2D eigenvalue weighted by atomic mass is 19.4. The van der Waals surface area contributed by atoms with E-state index >= 15 is 0 Å². The zero-order valence-corrected chi connectivity index (χ0v) is 11.0. The average molecular weight is 292 g/mol. The summed E-state index contributed by atoms with van der Waals surface area (Å²) in [4.78, 5) is 3.36. The summed E-state index contributed by atoms with van der Waals surface area (Å²) >= 11 is 0. The van der Waals surface area contributed by atoms with Gasteiger partial charge in [0.25, 0.3) is 0 Å². The van der Waals surface area contributed by atoms with Crippen molar-refractivity contribution in [3.63, 3.8) is 0 Å². The first-order valence-corrected chi connectivity index (χ1v) is 6.18. The lowest BCUT2D eigenvalue weighted by Gasteiger charge is -2.06. The second-order valence-corrected chi connectivity index (χ2v) is 4.51. The van der Waals surface area contributed by atoms with Crippen molar-refractivity contribution in [2.45, 2.75) is 6.18 Å². The smallest absolute Gasteiger partial charge is 0.388 e. The van der Waals surface area contributed by atoms with E-state index in [-0.39, 0.29) is 0 Å². The maximum Gasteiger partial charge on any atom is 0.433 e. The van der Waals surface area contributed by atoms with Crippen LogP contribution in [-0.2, 0) is 6.18 Å². The van der Waals surface area contributed by atoms with Crippen molar-refractivity contribution in [2.75, 3.05) is 12.4 Å².